The van der Waals surface area contributed by atoms with E-state index < -0.39 is 0 Å². The molecule has 2 aliphatic rings. The van der Waals surface area contributed by atoms with Crippen LogP contribution in [0.3, 0.4) is 0 Å². The zero-order valence-electron chi connectivity index (χ0n) is 9.82. The van der Waals surface area contributed by atoms with Crippen molar-refractivity contribution in [2.75, 3.05) is 6.54 Å². The van der Waals surface area contributed by atoms with Crippen molar-refractivity contribution in [2.24, 2.45) is 4.99 Å². The Morgan fingerprint density at radius 2 is 1.82 bits per heavy atom. The van der Waals surface area contributed by atoms with Gasteiger partial charge in [0, 0.05) is 23.7 Å². The van der Waals surface area contributed by atoms with E-state index in [2.05, 4.69) is 47.6 Å². The Morgan fingerprint density at radius 1 is 1.00 bits per heavy atom. The van der Waals surface area contributed by atoms with Crippen molar-refractivity contribution in [3.05, 3.63) is 47.5 Å². The van der Waals surface area contributed by atoms with E-state index in [-0.39, 0.29) is 0 Å². The lowest BCUT2D eigenvalue weighted by molar-refractivity contribution is 0.257. The van der Waals surface area contributed by atoms with Crippen LogP contribution in [-0.4, -0.2) is 12.8 Å². The second-order valence-corrected chi connectivity index (χ2v) is 5.35. The third kappa shape index (κ3) is 1.17. The van der Waals surface area contributed by atoms with E-state index in [4.69, 9.17) is 0 Å². The molecule has 1 saturated carbocycles. The highest BCUT2D eigenvalue weighted by molar-refractivity contribution is 6.02. The molecule has 17 heavy (non-hydrogen) atoms. The van der Waals surface area contributed by atoms with Gasteiger partial charge in [0.1, 0.15) is 0 Å². The number of benzene rings is 2. The molecule has 0 atom stereocenters. The second kappa shape index (κ2) is 3.19. The van der Waals surface area contributed by atoms with Crippen molar-refractivity contribution >= 4 is 17.0 Å². The molecule has 1 heterocycles. The van der Waals surface area contributed by atoms with Gasteiger partial charge in [0.2, 0.25) is 0 Å². The predicted octanol–water partition coefficient (Wildman–Crippen LogP) is 3.69. The van der Waals surface area contributed by atoms with Gasteiger partial charge in [-0.25, -0.2) is 0 Å². The van der Waals surface area contributed by atoms with Gasteiger partial charge in [-0.3, -0.25) is 4.99 Å². The van der Waals surface area contributed by atoms with Crippen LogP contribution in [-0.2, 0) is 5.41 Å². The lowest BCUT2D eigenvalue weighted by Gasteiger charge is -2.41. The van der Waals surface area contributed by atoms with Gasteiger partial charge < -0.3 is 0 Å². The van der Waals surface area contributed by atoms with Crippen LogP contribution in [0.15, 0.2) is 41.4 Å². The Labute approximate surface area is 101 Å². The molecule has 1 spiro atoms. The third-order valence-electron chi connectivity index (χ3n) is 4.44. The third-order valence-corrected chi connectivity index (χ3v) is 4.44. The summed E-state index contributed by atoms with van der Waals surface area (Å²) in [6.45, 7) is 0.973. The van der Waals surface area contributed by atoms with Crippen LogP contribution in [0.5, 0.6) is 0 Å². The van der Waals surface area contributed by atoms with E-state index in [1.807, 2.05) is 0 Å². The van der Waals surface area contributed by atoms with Crippen LogP contribution in [0.4, 0.5) is 0 Å². The highest BCUT2D eigenvalue weighted by Gasteiger charge is 2.40. The minimum absolute atomic E-state index is 0.350. The van der Waals surface area contributed by atoms with E-state index in [9.17, 15) is 0 Å². The zero-order chi connectivity index (χ0) is 11.3. The molecule has 0 amide bonds. The maximum absolute atomic E-state index is 4.66. The number of fused-ring (bicyclic) bond motifs is 1. The number of aliphatic imine (C=N–C) groups is 1. The summed E-state index contributed by atoms with van der Waals surface area (Å²) in [7, 11) is 0. The van der Waals surface area contributed by atoms with Gasteiger partial charge in [-0.05, 0) is 29.2 Å². The summed E-state index contributed by atoms with van der Waals surface area (Å²) >= 11 is 0. The quantitative estimate of drug-likeness (QED) is 0.643. The lowest BCUT2D eigenvalue weighted by Crippen LogP contribution is -2.37. The van der Waals surface area contributed by atoms with Crippen LogP contribution < -0.4 is 0 Å². The molecule has 1 nitrogen and oxygen atoms in total. The highest BCUT2D eigenvalue weighted by Crippen LogP contribution is 2.47. The standard InChI is InChI=1S/C16H15N/c1-4-12-5-2-7-14-15(12)13(6-1)10-17-11-16(14)8-3-9-16/h1-2,4-7,10H,3,8-9,11H2. The average Bonchev–Trinajstić information content (AvgIpc) is 2.48. The van der Waals surface area contributed by atoms with Crippen LogP contribution in [0.2, 0.25) is 0 Å². The molecule has 0 bridgehead atoms. The van der Waals surface area contributed by atoms with E-state index in [0.29, 0.717) is 5.41 Å². The molecule has 1 aliphatic heterocycles. The molecule has 2 aromatic carbocycles. The number of nitrogens with zero attached hydrogens (tertiary/aromatic N) is 1. The summed E-state index contributed by atoms with van der Waals surface area (Å²) in [4.78, 5) is 4.66. The second-order valence-electron chi connectivity index (χ2n) is 5.35. The summed E-state index contributed by atoms with van der Waals surface area (Å²) in [6, 6.07) is 13.3. The minimum Gasteiger partial charge on any atom is -0.292 e. The lowest BCUT2D eigenvalue weighted by atomic mass is 9.63. The SMILES string of the molecule is C1=NCC2(CCC2)c2cccc3cccc1c23. The Kier molecular flexibility index (Phi) is 1.77. The fraction of sp³-hybridized carbons (Fsp3) is 0.312. The molecule has 84 valence electrons. The molecule has 0 aromatic heterocycles. The Balaban J connectivity index is 2.14. The van der Waals surface area contributed by atoms with Gasteiger partial charge in [0.25, 0.3) is 0 Å². The Bertz CT molecular complexity index is 615. The maximum atomic E-state index is 4.66. The van der Waals surface area contributed by atoms with Gasteiger partial charge >= 0.3 is 0 Å². The topological polar surface area (TPSA) is 12.4 Å². The molecular weight excluding hydrogens is 206 g/mol. The van der Waals surface area contributed by atoms with Gasteiger partial charge in [-0.1, -0.05) is 42.8 Å². The fourth-order valence-electron chi connectivity index (χ4n) is 3.35. The van der Waals surface area contributed by atoms with Crippen LogP contribution in [0, 0.1) is 0 Å². The molecule has 1 heteroatoms. The van der Waals surface area contributed by atoms with Gasteiger partial charge in [-0.2, -0.15) is 0 Å². The first-order valence-corrected chi connectivity index (χ1v) is 6.41. The molecular formula is C16H15N. The van der Waals surface area contributed by atoms with E-state index in [0.717, 1.165) is 6.54 Å². The van der Waals surface area contributed by atoms with Crippen molar-refractivity contribution < 1.29 is 0 Å². The summed E-state index contributed by atoms with van der Waals surface area (Å²) in [5.41, 5.74) is 3.18. The predicted molar refractivity (Wildman–Crippen MR) is 71.9 cm³/mol. The van der Waals surface area contributed by atoms with E-state index in [1.54, 1.807) is 0 Å². The monoisotopic (exact) mass is 221 g/mol. The summed E-state index contributed by atoms with van der Waals surface area (Å²) in [5, 5.41) is 2.80. The molecule has 0 unspecified atom stereocenters. The molecule has 4 rings (SSSR count). The van der Waals surface area contributed by atoms with E-state index in [1.165, 1.54) is 41.2 Å². The summed E-state index contributed by atoms with van der Waals surface area (Å²) in [6.07, 6.45) is 6.03. The van der Waals surface area contributed by atoms with E-state index >= 15 is 0 Å². The normalized spacial score (nSPS) is 20.2. The van der Waals surface area contributed by atoms with Crippen molar-refractivity contribution in [3.63, 3.8) is 0 Å². The molecule has 0 saturated heterocycles. The first-order valence-electron chi connectivity index (χ1n) is 6.41. The number of hydrogen-bond donors (Lipinski definition) is 0. The van der Waals surface area contributed by atoms with Crippen molar-refractivity contribution in [1.29, 1.82) is 0 Å². The highest BCUT2D eigenvalue weighted by atomic mass is 14.8. The zero-order valence-corrected chi connectivity index (χ0v) is 9.82. The Morgan fingerprint density at radius 3 is 2.59 bits per heavy atom. The molecule has 0 radical (unpaired) electrons. The number of hydrogen-bond acceptors (Lipinski definition) is 1. The summed E-state index contributed by atoms with van der Waals surface area (Å²) in [5.74, 6) is 0. The molecule has 2 aromatic rings. The van der Waals surface area contributed by atoms with Crippen LogP contribution in [0.1, 0.15) is 30.4 Å². The Hall–Kier alpha value is -1.63. The van der Waals surface area contributed by atoms with Gasteiger partial charge in [0.05, 0.1) is 0 Å². The largest absolute Gasteiger partial charge is 0.292 e. The average molecular weight is 221 g/mol. The molecule has 1 aliphatic carbocycles. The first kappa shape index (κ1) is 9.41. The molecule has 1 fully saturated rings. The fourth-order valence-corrected chi connectivity index (χ4v) is 3.35. The van der Waals surface area contributed by atoms with Gasteiger partial charge in [-0.15, -0.1) is 0 Å². The van der Waals surface area contributed by atoms with Gasteiger partial charge in [0.15, 0.2) is 0 Å². The number of rotatable bonds is 0. The summed E-state index contributed by atoms with van der Waals surface area (Å²) < 4.78 is 0. The minimum atomic E-state index is 0.350. The van der Waals surface area contributed by atoms with Crippen molar-refractivity contribution in [2.45, 2.75) is 24.7 Å². The van der Waals surface area contributed by atoms with Crippen molar-refractivity contribution in [3.8, 4) is 0 Å². The van der Waals surface area contributed by atoms with Crippen LogP contribution >= 0.6 is 0 Å². The smallest absolute Gasteiger partial charge is 0.0486 e. The van der Waals surface area contributed by atoms with Crippen molar-refractivity contribution in [1.82, 2.24) is 0 Å². The maximum Gasteiger partial charge on any atom is 0.0486 e. The molecule has 0 N–H and O–H groups in total. The first-order chi connectivity index (χ1) is 8.39. The van der Waals surface area contributed by atoms with Crippen LogP contribution in [0.25, 0.3) is 10.8 Å².